The molecular formula is C22H25ClN2O6S. The van der Waals surface area contributed by atoms with E-state index in [2.05, 4.69) is 0 Å². The van der Waals surface area contributed by atoms with Crippen molar-refractivity contribution in [2.75, 3.05) is 40.5 Å². The fraction of sp³-hybridized carbons (Fsp3) is 0.409. The summed E-state index contributed by atoms with van der Waals surface area (Å²) >= 11 is 5.91. The predicted molar refractivity (Wildman–Crippen MR) is 119 cm³/mol. The second-order valence-corrected chi connectivity index (χ2v) is 9.99. The summed E-state index contributed by atoms with van der Waals surface area (Å²) in [5.74, 6) is 0.876. The van der Waals surface area contributed by atoms with Crippen LogP contribution in [0.1, 0.15) is 23.2 Å². The van der Waals surface area contributed by atoms with Crippen LogP contribution in [-0.2, 0) is 14.8 Å². The highest BCUT2D eigenvalue weighted by molar-refractivity contribution is 7.89. The molecule has 10 heteroatoms. The normalized spacial score (nSPS) is 18.7. The van der Waals surface area contributed by atoms with Gasteiger partial charge in [0.1, 0.15) is 5.72 Å². The lowest BCUT2D eigenvalue weighted by molar-refractivity contribution is -0.0857. The first-order chi connectivity index (χ1) is 15.3. The summed E-state index contributed by atoms with van der Waals surface area (Å²) in [4.78, 5) is 14.9. The van der Waals surface area contributed by atoms with E-state index >= 15 is 0 Å². The van der Waals surface area contributed by atoms with E-state index in [0.29, 0.717) is 54.6 Å². The van der Waals surface area contributed by atoms with Crippen LogP contribution in [0.25, 0.3) is 0 Å². The third-order valence-corrected chi connectivity index (χ3v) is 8.20. The Balaban J connectivity index is 1.50. The number of benzene rings is 2. The number of methoxy groups -OCH3 is 2. The zero-order valence-corrected chi connectivity index (χ0v) is 19.5. The Hall–Kier alpha value is -2.33. The van der Waals surface area contributed by atoms with E-state index in [-0.39, 0.29) is 17.3 Å². The number of carbonyl (C=O) groups is 1. The van der Waals surface area contributed by atoms with E-state index in [1.165, 1.54) is 30.7 Å². The number of amides is 1. The van der Waals surface area contributed by atoms with Crippen LogP contribution < -0.4 is 9.47 Å². The highest BCUT2D eigenvalue weighted by atomic mass is 35.5. The molecule has 4 rings (SSSR count). The van der Waals surface area contributed by atoms with Gasteiger partial charge >= 0.3 is 0 Å². The largest absolute Gasteiger partial charge is 0.493 e. The van der Waals surface area contributed by atoms with Crippen LogP contribution in [0.3, 0.4) is 0 Å². The maximum absolute atomic E-state index is 13.3. The highest BCUT2D eigenvalue weighted by Crippen LogP contribution is 2.39. The van der Waals surface area contributed by atoms with Crippen molar-refractivity contribution in [2.45, 2.75) is 23.5 Å². The molecule has 172 valence electrons. The first-order valence-corrected chi connectivity index (χ1v) is 12.1. The minimum Gasteiger partial charge on any atom is -0.493 e. The summed E-state index contributed by atoms with van der Waals surface area (Å²) in [6.07, 6.45) is 0.775. The molecule has 2 fully saturated rings. The lowest BCUT2D eigenvalue weighted by Crippen LogP contribution is -2.55. The van der Waals surface area contributed by atoms with Crippen molar-refractivity contribution in [3.8, 4) is 11.5 Å². The van der Waals surface area contributed by atoms with Gasteiger partial charge in [0.15, 0.2) is 11.5 Å². The maximum Gasteiger partial charge on any atom is 0.253 e. The van der Waals surface area contributed by atoms with Crippen molar-refractivity contribution in [1.29, 1.82) is 0 Å². The summed E-state index contributed by atoms with van der Waals surface area (Å²) in [6, 6.07) is 11.1. The number of nitrogens with zero attached hydrogens (tertiary/aromatic N) is 2. The molecule has 0 atom stereocenters. The van der Waals surface area contributed by atoms with Gasteiger partial charge in [0.25, 0.3) is 5.91 Å². The van der Waals surface area contributed by atoms with E-state index < -0.39 is 15.7 Å². The first-order valence-electron chi connectivity index (χ1n) is 10.2. The van der Waals surface area contributed by atoms with Crippen molar-refractivity contribution < 1.29 is 27.4 Å². The molecule has 0 N–H and O–H groups in total. The van der Waals surface area contributed by atoms with Gasteiger partial charge in [-0.3, -0.25) is 4.79 Å². The number of rotatable bonds is 5. The van der Waals surface area contributed by atoms with Crippen molar-refractivity contribution in [2.24, 2.45) is 0 Å². The molecule has 2 aromatic rings. The number of halogens is 1. The fourth-order valence-corrected chi connectivity index (χ4v) is 6.12. The number of hydrogen-bond donors (Lipinski definition) is 0. The SMILES string of the molecule is COc1ccc(C(=O)N2CCC3(CC2)OCCN3S(=O)(=O)c2ccc(Cl)cc2)cc1OC. The lowest BCUT2D eigenvalue weighted by atomic mass is 10.00. The average Bonchev–Trinajstić information content (AvgIpc) is 3.22. The molecule has 2 aliphatic heterocycles. The summed E-state index contributed by atoms with van der Waals surface area (Å²) in [5, 5.41) is 0.471. The van der Waals surface area contributed by atoms with E-state index in [1.54, 1.807) is 35.2 Å². The zero-order valence-electron chi connectivity index (χ0n) is 17.9. The molecule has 0 unspecified atom stereocenters. The van der Waals surface area contributed by atoms with E-state index in [0.717, 1.165) is 0 Å². The fourth-order valence-electron chi connectivity index (χ4n) is 4.27. The Kier molecular flexibility index (Phi) is 6.35. The molecule has 2 heterocycles. The highest BCUT2D eigenvalue weighted by Gasteiger charge is 2.51. The second kappa shape index (κ2) is 8.90. The summed E-state index contributed by atoms with van der Waals surface area (Å²) in [5.41, 5.74) is -0.469. The second-order valence-electron chi connectivity index (χ2n) is 7.69. The number of likely N-dealkylation sites (tertiary alicyclic amines) is 1. The molecule has 0 bridgehead atoms. The van der Waals surface area contributed by atoms with Crippen LogP contribution in [0.2, 0.25) is 5.02 Å². The molecule has 2 aliphatic rings. The number of carbonyl (C=O) groups excluding carboxylic acids is 1. The molecule has 8 nitrogen and oxygen atoms in total. The van der Waals surface area contributed by atoms with Gasteiger partial charge in [0, 0.05) is 43.1 Å². The zero-order chi connectivity index (χ0) is 22.9. The van der Waals surface area contributed by atoms with Crippen LogP contribution in [0.15, 0.2) is 47.4 Å². The minimum atomic E-state index is -3.75. The van der Waals surface area contributed by atoms with Gasteiger partial charge in [0.05, 0.1) is 25.7 Å². The van der Waals surface area contributed by atoms with Gasteiger partial charge in [-0.05, 0) is 42.5 Å². The predicted octanol–water partition coefficient (Wildman–Crippen LogP) is 3.01. The van der Waals surface area contributed by atoms with Crippen LogP contribution in [0, 0.1) is 0 Å². The molecule has 32 heavy (non-hydrogen) atoms. The Morgan fingerprint density at radius 2 is 1.66 bits per heavy atom. The molecule has 0 radical (unpaired) electrons. The smallest absolute Gasteiger partial charge is 0.253 e. The quantitative estimate of drug-likeness (QED) is 0.654. The monoisotopic (exact) mass is 480 g/mol. The topological polar surface area (TPSA) is 85.4 Å². The standard InChI is InChI=1S/C22H25ClN2O6S/c1-29-19-8-3-16(15-20(19)30-2)21(26)24-11-9-22(10-12-24)25(13-14-31-22)32(27,28)18-6-4-17(23)5-7-18/h3-8,15H,9-14H2,1-2H3. The van der Waals surface area contributed by atoms with Crippen molar-refractivity contribution in [3.05, 3.63) is 53.1 Å². The number of hydrogen-bond acceptors (Lipinski definition) is 6. The maximum atomic E-state index is 13.3. The molecule has 0 aromatic heterocycles. The van der Waals surface area contributed by atoms with E-state index in [1.807, 2.05) is 0 Å². The Morgan fingerprint density at radius 1 is 1.00 bits per heavy atom. The van der Waals surface area contributed by atoms with Crippen LogP contribution >= 0.6 is 11.6 Å². The molecule has 1 spiro atoms. The van der Waals surface area contributed by atoms with E-state index in [4.69, 9.17) is 25.8 Å². The number of piperidine rings is 1. The first kappa shape index (κ1) is 22.8. The van der Waals surface area contributed by atoms with Gasteiger partial charge in [0.2, 0.25) is 10.0 Å². The molecule has 0 saturated carbocycles. The van der Waals surface area contributed by atoms with Gasteiger partial charge in [-0.15, -0.1) is 0 Å². The Bertz CT molecular complexity index is 1100. The summed E-state index contributed by atoms with van der Waals surface area (Å²) < 4.78 is 44.5. The van der Waals surface area contributed by atoms with Gasteiger partial charge in [-0.25, -0.2) is 8.42 Å². The molecule has 2 saturated heterocycles. The van der Waals surface area contributed by atoms with Gasteiger partial charge in [-0.2, -0.15) is 4.31 Å². The van der Waals surface area contributed by atoms with Crippen LogP contribution in [0.5, 0.6) is 11.5 Å². The van der Waals surface area contributed by atoms with E-state index in [9.17, 15) is 13.2 Å². The average molecular weight is 481 g/mol. The lowest BCUT2D eigenvalue weighted by Gasteiger charge is -2.42. The molecule has 1 amide bonds. The van der Waals surface area contributed by atoms with Crippen molar-refractivity contribution in [1.82, 2.24) is 9.21 Å². The Morgan fingerprint density at radius 3 is 2.28 bits per heavy atom. The third-order valence-electron chi connectivity index (χ3n) is 5.98. The van der Waals surface area contributed by atoms with Crippen molar-refractivity contribution in [3.63, 3.8) is 0 Å². The molecule has 0 aliphatic carbocycles. The summed E-state index contributed by atoms with van der Waals surface area (Å²) in [6.45, 7) is 1.34. The molecular weight excluding hydrogens is 456 g/mol. The minimum absolute atomic E-state index is 0.147. The Labute approximate surface area is 192 Å². The van der Waals surface area contributed by atoms with Gasteiger partial charge in [-0.1, -0.05) is 11.6 Å². The summed E-state index contributed by atoms with van der Waals surface area (Å²) in [7, 11) is -0.700. The van der Waals surface area contributed by atoms with Gasteiger partial charge < -0.3 is 19.1 Å². The molecule has 2 aromatic carbocycles. The van der Waals surface area contributed by atoms with Crippen LogP contribution in [0.4, 0.5) is 0 Å². The van der Waals surface area contributed by atoms with Crippen molar-refractivity contribution >= 4 is 27.5 Å². The van der Waals surface area contributed by atoms with Crippen LogP contribution in [-0.4, -0.2) is 69.7 Å². The third kappa shape index (κ3) is 4.05. The number of sulfonamides is 1. The number of ether oxygens (including phenoxy) is 3.